The van der Waals surface area contributed by atoms with E-state index in [1.165, 1.54) is 0 Å². The minimum atomic E-state index is -0.655. The molecule has 1 N–H and O–H groups in total. The van der Waals surface area contributed by atoms with E-state index in [0.29, 0.717) is 0 Å². The zero-order valence-corrected chi connectivity index (χ0v) is 10.0. The van der Waals surface area contributed by atoms with Gasteiger partial charge in [0.25, 0.3) is 0 Å². The molecule has 0 heterocycles. The summed E-state index contributed by atoms with van der Waals surface area (Å²) in [5.41, 5.74) is -0.758. The first kappa shape index (κ1) is 13.4. The molecule has 0 saturated heterocycles. The molecule has 0 amide bonds. The largest absolute Gasteiger partial charge is 0.460 e. The highest BCUT2D eigenvalue weighted by Gasteiger charge is 2.27. The molecule has 84 valence electrons. The molecule has 0 spiro atoms. The summed E-state index contributed by atoms with van der Waals surface area (Å²) in [6.07, 6.45) is -0.599. The molecule has 14 heavy (non-hydrogen) atoms. The van der Waals surface area contributed by atoms with Crippen LogP contribution < -0.4 is 0 Å². The standard InChI is InChI=1S/C11H22O3/c1-10(2,3)8(12)7-9(13)14-11(4,5)6/h8,12H,7H2,1-6H3/t8-/m1/s1. The van der Waals surface area contributed by atoms with Gasteiger partial charge in [0, 0.05) is 0 Å². The molecular formula is C11H22O3. The molecule has 0 unspecified atom stereocenters. The molecule has 0 aliphatic heterocycles. The smallest absolute Gasteiger partial charge is 0.308 e. The van der Waals surface area contributed by atoms with Gasteiger partial charge in [-0.3, -0.25) is 4.79 Å². The van der Waals surface area contributed by atoms with Gasteiger partial charge in [-0.05, 0) is 26.2 Å². The maximum Gasteiger partial charge on any atom is 0.308 e. The van der Waals surface area contributed by atoms with Crippen molar-refractivity contribution in [3.05, 3.63) is 0 Å². The van der Waals surface area contributed by atoms with Gasteiger partial charge in [-0.2, -0.15) is 0 Å². The molecule has 0 rings (SSSR count). The lowest BCUT2D eigenvalue weighted by atomic mass is 9.87. The highest BCUT2D eigenvalue weighted by Crippen LogP contribution is 2.22. The molecule has 0 fully saturated rings. The Hall–Kier alpha value is -0.570. The van der Waals surface area contributed by atoms with Crippen LogP contribution in [0.2, 0.25) is 0 Å². The molecule has 3 nitrogen and oxygen atoms in total. The molecule has 0 radical (unpaired) electrons. The summed E-state index contributed by atoms with van der Waals surface area (Å²) in [4.78, 5) is 11.3. The average Bonchev–Trinajstić information content (AvgIpc) is 1.79. The Morgan fingerprint density at radius 3 is 1.93 bits per heavy atom. The van der Waals surface area contributed by atoms with Crippen LogP contribution in [0.4, 0.5) is 0 Å². The molecule has 0 aliphatic rings. The van der Waals surface area contributed by atoms with Crippen LogP contribution in [0.5, 0.6) is 0 Å². The molecule has 0 saturated carbocycles. The van der Waals surface area contributed by atoms with E-state index in [-0.39, 0.29) is 17.8 Å². The zero-order valence-electron chi connectivity index (χ0n) is 10.0. The second-order valence-corrected chi connectivity index (χ2v) is 5.67. The summed E-state index contributed by atoms with van der Waals surface area (Å²) in [6.45, 7) is 11.1. The summed E-state index contributed by atoms with van der Waals surface area (Å²) in [7, 11) is 0. The SMILES string of the molecule is CC(C)(C)OC(=O)C[C@@H](O)C(C)(C)C. The van der Waals surface area contributed by atoms with Crippen molar-refractivity contribution in [1.29, 1.82) is 0 Å². The fourth-order valence-electron chi connectivity index (χ4n) is 0.847. The number of aliphatic hydroxyl groups is 1. The van der Waals surface area contributed by atoms with Crippen molar-refractivity contribution in [1.82, 2.24) is 0 Å². The molecular weight excluding hydrogens is 180 g/mol. The predicted molar refractivity (Wildman–Crippen MR) is 55.9 cm³/mol. The Morgan fingerprint density at radius 1 is 1.21 bits per heavy atom. The van der Waals surface area contributed by atoms with Crippen LogP contribution in [0.25, 0.3) is 0 Å². The first-order valence-electron chi connectivity index (χ1n) is 4.92. The Bertz CT molecular complexity index is 196. The van der Waals surface area contributed by atoms with Gasteiger partial charge < -0.3 is 9.84 Å². The summed E-state index contributed by atoms with van der Waals surface area (Å²) < 4.78 is 5.10. The van der Waals surface area contributed by atoms with Crippen molar-refractivity contribution in [2.75, 3.05) is 0 Å². The fraction of sp³-hybridized carbons (Fsp3) is 0.909. The van der Waals surface area contributed by atoms with E-state index in [0.717, 1.165) is 0 Å². The van der Waals surface area contributed by atoms with E-state index in [4.69, 9.17) is 4.74 Å². The number of ether oxygens (including phenoxy) is 1. The number of aliphatic hydroxyl groups excluding tert-OH is 1. The average molecular weight is 202 g/mol. The Kier molecular flexibility index (Phi) is 4.13. The van der Waals surface area contributed by atoms with Crippen molar-refractivity contribution in [3.8, 4) is 0 Å². The second-order valence-electron chi connectivity index (χ2n) is 5.67. The summed E-state index contributed by atoms with van der Waals surface area (Å²) >= 11 is 0. The van der Waals surface area contributed by atoms with Gasteiger partial charge in [-0.25, -0.2) is 0 Å². The number of rotatable bonds is 2. The minimum Gasteiger partial charge on any atom is -0.460 e. The topological polar surface area (TPSA) is 46.5 Å². The van der Waals surface area contributed by atoms with Crippen LogP contribution in [0.1, 0.15) is 48.0 Å². The van der Waals surface area contributed by atoms with Crippen LogP contribution in [0, 0.1) is 5.41 Å². The quantitative estimate of drug-likeness (QED) is 0.698. The van der Waals surface area contributed by atoms with Crippen LogP contribution in [-0.2, 0) is 9.53 Å². The van der Waals surface area contributed by atoms with Gasteiger partial charge in [0.1, 0.15) is 5.60 Å². The molecule has 0 aliphatic carbocycles. The number of hydrogen-bond acceptors (Lipinski definition) is 3. The second kappa shape index (κ2) is 4.30. The fourth-order valence-corrected chi connectivity index (χ4v) is 0.847. The van der Waals surface area contributed by atoms with E-state index in [9.17, 15) is 9.90 Å². The normalized spacial score (nSPS) is 15.1. The maximum absolute atomic E-state index is 11.3. The lowest BCUT2D eigenvalue weighted by Crippen LogP contribution is -2.32. The van der Waals surface area contributed by atoms with Crippen molar-refractivity contribution < 1.29 is 14.6 Å². The van der Waals surface area contributed by atoms with Gasteiger partial charge in [0.15, 0.2) is 0 Å². The van der Waals surface area contributed by atoms with Crippen LogP contribution in [-0.4, -0.2) is 22.8 Å². The molecule has 0 aromatic heterocycles. The van der Waals surface area contributed by atoms with Crippen molar-refractivity contribution in [3.63, 3.8) is 0 Å². The first-order valence-corrected chi connectivity index (χ1v) is 4.92. The zero-order chi connectivity index (χ0) is 11.6. The third-order valence-electron chi connectivity index (χ3n) is 1.78. The molecule has 1 atom stereocenters. The van der Waals surface area contributed by atoms with Crippen molar-refractivity contribution in [2.24, 2.45) is 5.41 Å². The van der Waals surface area contributed by atoms with Gasteiger partial charge in [-0.1, -0.05) is 20.8 Å². The predicted octanol–water partition coefficient (Wildman–Crippen LogP) is 2.13. The summed E-state index contributed by atoms with van der Waals surface area (Å²) in [6, 6.07) is 0. The van der Waals surface area contributed by atoms with Crippen LogP contribution in [0.15, 0.2) is 0 Å². The Labute approximate surface area is 86.5 Å². The van der Waals surface area contributed by atoms with Crippen molar-refractivity contribution in [2.45, 2.75) is 59.7 Å². The van der Waals surface area contributed by atoms with E-state index in [1.54, 1.807) is 0 Å². The Morgan fingerprint density at radius 2 is 1.64 bits per heavy atom. The lowest BCUT2D eigenvalue weighted by Gasteiger charge is -2.27. The molecule has 3 heteroatoms. The highest BCUT2D eigenvalue weighted by molar-refractivity contribution is 5.70. The van der Waals surface area contributed by atoms with Crippen LogP contribution in [0.3, 0.4) is 0 Å². The number of esters is 1. The van der Waals surface area contributed by atoms with E-state index in [2.05, 4.69) is 0 Å². The molecule has 0 aromatic rings. The van der Waals surface area contributed by atoms with Gasteiger partial charge >= 0.3 is 5.97 Å². The monoisotopic (exact) mass is 202 g/mol. The van der Waals surface area contributed by atoms with Crippen molar-refractivity contribution >= 4 is 5.97 Å². The Balaban J connectivity index is 4.09. The molecule has 0 aromatic carbocycles. The van der Waals surface area contributed by atoms with Gasteiger partial charge in [0.05, 0.1) is 12.5 Å². The van der Waals surface area contributed by atoms with Gasteiger partial charge in [-0.15, -0.1) is 0 Å². The minimum absolute atomic E-state index is 0.0563. The summed E-state index contributed by atoms with van der Waals surface area (Å²) in [5.74, 6) is -0.347. The van der Waals surface area contributed by atoms with E-state index >= 15 is 0 Å². The first-order chi connectivity index (χ1) is 6.02. The third kappa shape index (κ3) is 5.97. The third-order valence-corrected chi connectivity index (χ3v) is 1.78. The number of hydrogen-bond donors (Lipinski definition) is 1. The lowest BCUT2D eigenvalue weighted by molar-refractivity contribution is -0.158. The molecule has 0 bridgehead atoms. The van der Waals surface area contributed by atoms with E-state index < -0.39 is 11.7 Å². The summed E-state index contributed by atoms with van der Waals surface area (Å²) in [5, 5.41) is 9.65. The van der Waals surface area contributed by atoms with Gasteiger partial charge in [0.2, 0.25) is 0 Å². The van der Waals surface area contributed by atoms with Crippen LogP contribution >= 0.6 is 0 Å². The maximum atomic E-state index is 11.3. The number of carbonyl (C=O) groups is 1. The van der Waals surface area contributed by atoms with E-state index in [1.807, 2.05) is 41.5 Å². The highest BCUT2D eigenvalue weighted by atomic mass is 16.6. The number of carbonyl (C=O) groups excluding carboxylic acids is 1.